The molecule has 0 saturated carbocycles. The van der Waals surface area contributed by atoms with Crippen LogP contribution in [0.2, 0.25) is 0 Å². The lowest BCUT2D eigenvalue weighted by Gasteiger charge is -2.18. The molecule has 0 aliphatic heterocycles. The first-order chi connectivity index (χ1) is 28.5. The van der Waals surface area contributed by atoms with Gasteiger partial charge in [-0.25, -0.2) is 0 Å². The number of esters is 1. The first-order valence-electron chi connectivity index (χ1n) is 25.1. The molecule has 0 aliphatic carbocycles. The van der Waals surface area contributed by atoms with Gasteiger partial charge >= 0.3 is 11.9 Å². The highest BCUT2D eigenvalue weighted by atomic mass is 16.5. The SMILES string of the molecule is CCCCCCC/C=C\C/C=C\C/C=C\CCCCCCCCC(=O)OC(CCCCCCCCCCCCCCCCC)CCCCCCCC(=O)NCC(=O)O. The molecule has 1 unspecified atom stereocenters. The van der Waals surface area contributed by atoms with Crippen molar-refractivity contribution in [3.8, 4) is 0 Å². The topological polar surface area (TPSA) is 92.7 Å². The average molecular weight is 814 g/mol. The minimum Gasteiger partial charge on any atom is -0.480 e. The maximum Gasteiger partial charge on any atom is 0.322 e. The molecule has 0 heterocycles. The van der Waals surface area contributed by atoms with Crippen molar-refractivity contribution in [1.82, 2.24) is 5.32 Å². The van der Waals surface area contributed by atoms with Crippen LogP contribution >= 0.6 is 0 Å². The van der Waals surface area contributed by atoms with E-state index in [2.05, 4.69) is 55.6 Å². The van der Waals surface area contributed by atoms with Gasteiger partial charge in [-0.1, -0.05) is 211 Å². The van der Waals surface area contributed by atoms with E-state index in [4.69, 9.17) is 9.84 Å². The molecular formula is C52H95NO5. The molecule has 1 atom stereocenters. The predicted octanol–water partition coefficient (Wildman–Crippen LogP) is 16.0. The zero-order chi connectivity index (χ0) is 42.3. The molecule has 0 aliphatic rings. The Morgan fingerprint density at radius 2 is 0.793 bits per heavy atom. The van der Waals surface area contributed by atoms with Crippen molar-refractivity contribution >= 4 is 17.8 Å². The summed E-state index contributed by atoms with van der Waals surface area (Å²) in [4.78, 5) is 35.2. The summed E-state index contributed by atoms with van der Waals surface area (Å²) in [5.41, 5.74) is 0. The van der Waals surface area contributed by atoms with Crippen LogP contribution in [0, 0.1) is 0 Å². The van der Waals surface area contributed by atoms with Gasteiger partial charge in [0.15, 0.2) is 0 Å². The van der Waals surface area contributed by atoms with Gasteiger partial charge in [0.1, 0.15) is 12.6 Å². The number of carbonyl (C=O) groups is 3. The van der Waals surface area contributed by atoms with E-state index >= 15 is 0 Å². The molecule has 1 amide bonds. The van der Waals surface area contributed by atoms with E-state index in [1.807, 2.05) is 0 Å². The van der Waals surface area contributed by atoms with Gasteiger partial charge in [0.2, 0.25) is 5.91 Å². The van der Waals surface area contributed by atoms with Crippen molar-refractivity contribution in [2.45, 2.75) is 270 Å². The second-order valence-corrected chi connectivity index (χ2v) is 17.1. The number of carboxylic acid groups (broad SMARTS) is 1. The lowest BCUT2D eigenvalue weighted by molar-refractivity contribution is -0.150. The van der Waals surface area contributed by atoms with Crippen molar-refractivity contribution in [2.75, 3.05) is 6.54 Å². The summed E-state index contributed by atoms with van der Waals surface area (Å²) >= 11 is 0. The van der Waals surface area contributed by atoms with E-state index in [1.165, 1.54) is 154 Å². The van der Waals surface area contributed by atoms with Gasteiger partial charge in [-0.2, -0.15) is 0 Å². The highest BCUT2D eigenvalue weighted by Crippen LogP contribution is 2.19. The van der Waals surface area contributed by atoms with Crippen molar-refractivity contribution in [3.05, 3.63) is 36.5 Å². The van der Waals surface area contributed by atoms with Crippen LogP contribution in [0.15, 0.2) is 36.5 Å². The van der Waals surface area contributed by atoms with Gasteiger partial charge in [-0.15, -0.1) is 0 Å². The molecule has 6 heteroatoms. The van der Waals surface area contributed by atoms with Crippen molar-refractivity contribution in [2.24, 2.45) is 0 Å². The summed E-state index contributed by atoms with van der Waals surface area (Å²) < 4.78 is 6.06. The Hall–Kier alpha value is -2.37. The Morgan fingerprint density at radius 3 is 1.21 bits per heavy atom. The number of hydrogen-bond acceptors (Lipinski definition) is 4. The highest BCUT2D eigenvalue weighted by molar-refractivity contribution is 5.80. The van der Waals surface area contributed by atoms with Crippen LogP contribution in [0.3, 0.4) is 0 Å². The largest absolute Gasteiger partial charge is 0.480 e. The fraction of sp³-hybridized carbons (Fsp3) is 0.827. The Balaban J connectivity index is 4.14. The fourth-order valence-corrected chi connectivity index (χ4v) is 7.58. The molecule has 0 aromatic rings. The van der Waals surface area contributed by atoms with E-state index < -0.39 is 5.97 Å². The Bertz CT molecular complexity index is 988. The quantitative estimate of drug-likeness (QED) is 0.0363. The summed E-state index contributed by atoms with van der Waals surface area (Å²) in [5, 5.41) is 11.1. The standard InChI is InChI=1S/C52H95NO5/c1-3-5-7-9-11-13-15-17-19-20-21-22-23-24-26-28-30-32-34-39-43-47-52(57)58-49(45-41-37-35-38-42-46-50(54)53-48-51(55)56)44-40-36-33-31-29-27-25-18-16-14-12-10-8-6-4-2/h15,17,20-21,23-24,49H,3-14,16,18-19,22,25-48H2,1-2H3,(H,53,54)(H,55,56)/b17-15-,21-20-,24-23-. The third-order valence-electron chi connectivity index (χ3n) is 11.3. The molecule has 338 valence electrons. The van der Waals surface area contributed by atoms with E-state index in [9.17, 15) is 14.4 Å². The van der Waals surface area contributed by atoms with Gasteiger partial charge in [0, 0.05) is 12.8 Å². The lowest BCUT2D eigenvalue weighted by Crippen LogP contribution is -2.28. The van der Waals surface area contributed by atoms with Crippen LogP contribution in [-0.4, -0.2) is 35.6 Å². The normalized spacial score (nSPS) is 12.3. The minimum atomic E-state index is -1.01. The maximum atomic E-state index is 12.8. The molecule has 0 bridgehead atoms. The highest BCUT2D eigenvalue weighted by Gasteiger charge is 2.14. The van der Waals surface area contributed by atoms with Crippen LogP contribution in [-0.2, 0) is 19.1 Å². The van der Waals surface area contributed by atoms with Gasteiger partial charge in [0.25, 0.3) is 0 Å². The molecule has 0 aromatic carbocycles. The number of nitrogens with one attached hydrogen (secondary N) is 1. The molecule has 0 spiro atoms. The molecule has 0 fully saturated rings. The number of carboxylic acids is 1. The molecule has 0 radical (unpaired) electrons. The van der Waals surface area contributed by atoms with Gasteiger partial charge < -0.3 is 15.2 Å². The van der Waals surface area contributed by atoms with Crippen LogP contribution in [0.5, 0.6) is 0 Å². The maximum absolute atomic E-state index is 12.8. The number of aliphatic carboxylic acids is 1. The Morgan fingerprint density at radius 1 is 0.448 bits per heavy atom. The zero-order valence-corrected chi connectivity index (χ0v) is 38.4. The first kappa shape index (κ1) is 55.6. The van der Waals surface area contributed by atoms with Crippen LogP contribution in [0.25, 0.3) is 0 Å². The summed E-state index contributed by atoms with van der Waals surface area (Å²) in [7, 11) is 0. The van der Waals surface area contributed by atoms with Gasteiger partial charge in [0.05, 0.1) is 0 Å². The molecule has 6 nitrogen and oxygen atoms in total. The van der Waals surface area contributed by atoms with Crippen molar-refractivity contribution in [1.29, 1.82) is 0 Å². The number of ether oxygens (including phenoxy) is 1. The molecule has 0 saturated heterocycles. The molecular weight excluding hydrogens is 719 g/mol. The van der Waals surface area contributed by atoms with E-state index in [0.717, 1.165) is 83.5 Å². The minimum absolute atomic E-state index is 0.0200. The van der Waals surface area contributed by atoms with E-state index in [-0.39, 0.29) is 24.5 Å². The molecule has 58 heavy (non-hydrogen) atoms. The predicted molar refractivity (Wildman–Crippen MR) is 249 cm³/mol. The van der Waals surface area contributed by atoms with Gasteiger partial charge in [-0.3, -0.25) is 14.4 Å². The second kappa shape index (κ2) is 47.3. The fourth-order valence-electron chi connectivity index (χ4n) is 7.58. The van der Waals surface area contributed by atoms with E-state index in [0.29, 0.717) is 12.8 Å². The van der Waals surface area contributed by atoms with Crippen LogP contribution < -0.4 is 5.32 Å². The van der Waals surface area contributed by atoms with Crippen LogP contribution in [0.1, 0.15) is 264 Å². The van der Waals surface area contributed by atoms with Crippen molar-refractivity contribution < 1.29 is 24.2 Å². The number of hydrogen-bond donors (Lipinski definition) is 2. The second-order valence-electron chi connectivity index (χ2n) is 17.1. The summed E-state index contributed by atoms with van der Waals surface area (Å²) in [6.45, 7) is 4.24. The number of rotatable bonds is 46. The molecule has 2 N–H and O–H groups in total. The van der Waals surface area contributed by atoms with Crippen LogP contribution in [0.4, 0.5) is 0 Å². The monoisotopic (exact) mass is 814 g/mol. The number of amides is 1. The number of carbonyl (C=O) groups excluding carboxylic acids is 2. The zero-order valence-electron chi connectivity index (χ0n) is 38.4. The van der Waals surface area contributed by atoms with Gasteiger partial charge in [-0.05, 0) is 77.0 Å². The first-order valence-corrected chi connectivity index (χ1v) is 25.1. The Kier molecular flexibility index (Phi) is 45.4. The number of unbranched alkanes of at least 4 members (excludes halogenated alkanes) is 29. The third kappa shape index (κ3) is 46.3. The lowest BCUT2D eigenvalue weighted by atomic mass is 10.0. The smallest absolute Gasteiger partial charge is 0.322 e. The average Bonchev–Trinajstić information content (AvgIpc) is 3.21. The third-order valence-corrected chi connectivity index (χ3v) is 11.3. The number of allylic oxidation sites excluding steroid dienone is 6. The summed E-state index contributed by atoms with van der Waals surface area (Å²) in [6.07, 6.45) is 59.9. The summed E-state index contributed by atoms with van der Waals surface area (Å²) in [6, 6.07) is 0. The van der Waals surface area contributed by atoms with E-state index in [1.54, 1.807) is 0 Å². The molecule has 0 rings (SSSR count). The molecule has 0 aromatic heterocycles. The van der Waals surface area contributed by atoms with Crippen molar-refractivity contribution in [3.63, 3.8) is 0 Å². The Labute approximate surface area is 359 Å². The summed E-state index contributed by atoms with van der Waals surface area (Å²) in [5.74, 6) is -1.23.